The summed E-state index contributed by atoms with van der Waals surface area (Å²) in [4.78, 5) is 52.2. The Morgan fingerprint density at radius 3 is 2.00 bits per heavy atom. The molecule has 0 saturated heterocycles. The molecule has 0 heterocycles. The van der Waals surface area contributed by atoms with Crippen LogP contribution in [0.3, 0.4) is 0 Å². The molecular formula is C31H33N3O7. The number of ketones is 1. The van der Waals surface area contributed by atoms with Crippen molar-refractivity contribution >= 4 is 34.7 Å². The monoisotopic (exact) mass is 559 g/mol. The van der Waals surface area contributed by atoms with E-state index in [0.717, 1.165) is 34.4 Å². The quantitative estimate of drug-likeness (QED) is 0.191. The number of aryl methyl sites for hydroxylation is 2. The molecule has 3 aromatic rings. The number of nitro benzene ring substituents is 1. The first-order chi connectivity index (χ1) is 19.2. The number of nitrogens with one attached hydrogen (secondary N) is 2. The van der Waals surface area contributed by atoms with Crippen molar-refractivity contribution in [3.63, 3.8) is 0 Å². The van der Waals surface area contributed by atoms with Crippen molar-refractivity contribution < 1.29 is 29.5 Å². The number of Topliss-reactive ketones (excluding diaryl/α,β-unsaturated/α-hetero) is 1. The van der Waals surface area contributed by atoms with Crippen molar-refractivity contribution in [1.29, 1.82) is 0 Å². The van der Waals surface area contributed by atoms with Crippen LogP contribution >= 0.6 is 0 Å². The van der Waals surface area contributed by atoms with Gasteiger partial charge < -0.3 is 20.8 Å². The molecule has 1 aliphatic carbocycles. The van der Waals surface area contributed by atoms with Gasteiger partial charge in [-0.25, -0.2) is 0 Å². The van der Waals surface area contributed by atoms with Crippen LogP contribution in [-0.4, -0.2) is 38.3 Å². The number of hydrogen-bond acceptors (Lipinski definition) is 7. The number of phenols is 1. The van der Waals surface area contributed by atoms with Gasteiger partial charge in [0.1, 0.15) is 11.7 Å². The molecule has 1 aliphatic rings. The average Bonchev–Trinajstić information content (AvgIpc) is 2.88. The molecule has 4 unspecified atom stereocenters. The number of phenolic OH excluding ortho intramolecular Hbond substituents is 1. The molecule has 10 heteroatoms. The number of nitrogens with zero attached hydrogens (tertiary/aromatic N) is 1. The lowest BCUT2D eigenvalue weighted by Gasteiger charge is -2.44. The summed E-state index contributed by atoms with van der Waals surface area (Å²) in [7, 11) is 0. The summed E-state index contributed by atoms with van der Waals surface area (Å²) in [6.45, 7) is 8.75. The van der Waals surface area contributed by atoms with E-state index in [-0.39, 0.29) is 5.56 Å². The highest BCUT2D eigenvalue weighted by Crippen LogP contribution is 2.48. The number of aromatic hydroxyl groups is 1. The average molecular weight is 560 g/mol. The first-order valence-electron chi connectivity index (χ1n) is 13.2. The highest BCUT2D eigenvalue weighted by molar-refractivity contribution is 6.10. The molecule has 214 valence electrons. The van der Waals surface area contributed by atoms with E-state index in [0.29, 0.717) is 11.4 Å². The van der Waals surface area contributed by atoms with Gasteiger partial charge in [-0.3, -0.25) is 24.5 Å². The van der Waals surface area contributed by atoms with Gasteiger partial charge in [0, 0.05) is 29.8 Å². The fraction of sp³-hybridized carbons (Fsp3) is 0.323. The van der Waals surface area contributed by atoms with E-state index < -0.39 is 63.7 Å². The molecule has 0 aliphatic heterocycles. The maximum atomic E-state index is 14.0. The van der Waals surface area contributed by atoms with E-state index in [1.165, 1.54) is 13.0 Å². The number of aliphatic hydroxyl groups is 1. The first kappa shape index (κ1) is 29.4. The van der Waals surface area contributed by atoms with Gasteiger partial charge in [0.05, 0.1) is 16.4 Å². The Hall–Kier alpha value is -4.57. The van der Waals surface area contributed by atoms with E-state index in [1.807, 2.05) is 39.8 Å². The number of carbonyl (C=O) groups excluding carboxylic acids is 3. The van der Waals surface area contributed by atoms with Gasteiger partial charge in [0.15, 0.2) is 5.75 Å². The third kappa shape index (κ3) is 5.69. The minimum Gasteiger partial charge on any atom is -0.502 e. The second-order valence-electron chi connectivity index (χ2n) is 11.0. The summed E-state index contributed by atoms with van der Waals surface area (Å²) < 4.78 is 0. The Balaban J connectivity index is 1.86. The van der Waals surface area contributed by atoms with Gasteiger partial charge in [-0.05, 0) is 80.6 Å². The van der Waals surface area contributed by atoms with Crippen LogP contribution in [0.15, 0.2) is 54.6 Å². The third-order valence-corrected chi connectivity index (χ3v) is 8.14. The number of nitro groups is 1. The maximum Gasteiger partial charge on any atom is 0.310 e. The Labute approximate surface area is 237 Å². The first-order valence-corrected chi connectivity index (χ1v) is 13.2. The van der Waals surface area contributed by atoms with Crippen LogP contribution in [0.25, 0.3) is 0 Å². The Bertz CT molecular complexity index is 1560. The van der Waals surface area contributed by atoms with Crippen molar-refractivity contribution in [3.8, 4) is 5.75 Å². The van der Waals surface area contributed by atoms with Crippen molar-refractivity contribution in [2.75, 3.05) is 10.6 Å². The van der Waals surface area contributed by atoms with Crippen LogP contribution in [0, 0.1) is 49.6 Å². The van der Waals surface area contributed by atoms with Crippen LogP contribution in [-0.2, 0) is 14.4 Å². The van der Waals surface area contributed by atoms with Crippen LogP contribution < -0.4 is 10.6 Å². The number of amides is 2. The second kappa shape index (κ2) is 11.1. The van der Waals surface area contributed by atoms with Gasteiger partial charge in [-0.15, -0.1) is 0 Å². The van der Waals surface area contributed by atoms with E-state index in [9.17, 15) is 34.7 Å². The highest BCUT2D eigenvalue weighted by atomic mass is 16.6. The standard InChI is InChI=1S/C31H33N3O7/c1-16-8-6-10-21(18(16)3)32-29(37)27-25(36)15-31(5,39)28(30(38)33-22-11-7-9-17(2)19(22)4)26(27)20-12-13-24(35)23(14-20)34(40)41/h6-14,26-28,35,39H,15H2,1-5H3,(H,32,37)(H,33,38). The lowest BCUT2D eigenvalue weighted by atomic mass is 9.61. The third-order valence-electron chi connectivity index (χ3n) is 8.14. The molecule has 4 N–H and O–H groups in total. The Morgan fingerprint density at radius 2 is 1.46 bits per heavy atom. The molecule has 3 aromatic carbocycles. The van der Waals surface area contributed by atoms with Gasteiger partial charge in [-0.2, -0.15) is 0 Å². The molecule has 4 atom stereocenters. The van der Waals surface area contributed by atoms with Crippen molar-refractivity contribution in [1.82, 2.24) is 0 Å². The molecule has 4 rings (SSSR count). The Morgan fingerprint density at radius 1 is 0.927 bits per heavy atom. The van der Waals surface area contributed by atoms with E-state index in [2.05, 4.69) is 10.6 Å². The molecule has 10 nitrogen and oxygen atoms in total. The molecule has 0 aromatic heterocycles. The summed E-state index contributed by atoms with van der Waals surface area (Å²) in [5.41, 5.74) is 1.94. The molecule has 0 spiro atoms. The van der Waals surface area contributed by atoms with E-state index >= 15 is 0 Å². The van der Waals surface area contributed by atoms with Crippen molar-refractivity contribution in [2.24, 2.45) is 11.8 Å². The molecule has 1 fully saturated rings. The maximum absolute atomic E-state index is 14.0. The predicted molar refractivity (Wildman–Crippen MR) is 154 cm³/mol. The lowest BCUT2D eigenvalue weighted by molar-refractivity contribution is -0.386. The fourth-order valence-corrected chi connectivity index (χ4v) is 5.58. The molecular weight excluding hydrogens is 526 g/mol. The van der Waals surface area contributed by atoms with Gasteiger partial charge in [0.2, 0.25) is 11.8 Å². The highest BCUT2D eigenvalue weighted by Gasteiger charge is 2.56. The largest absolute Gasteiger partial charge is 0.502 e. The zero-order valence-electron chi connectivity index (χ0n) is 23.5. The van der Waals surface area contributed by atoms with Crippen molar-refractivity contribution in [2.45, 2.75) is 52.6 Å². The van der Waals surface area contributed by atoms with E-state index in [4.69, 9.17) is 0 Å². The van der Waals surface area contributed by atoms with Crippen LogP contribution in [0.2, 0.25) is 0 Å². The fourth-order valence-electron chi connectivity index (χ4n) is 5.58. The predicted octanol–water partition coefficient (Wildman–Crippen LogP) is 4.85. The van der Waals surface area contributed by atoms with Gasteiger partial charge >= 0.3 is 5.69 Å². The summed E-state index contributed by atoms with van der Waals surface area (Å²) in [5, 5.41) is 38.9. The summed E-state index contributed by atoms with van der Waals surface area (Å²) >= 11 is 0. The zero-order valence-corrected chi connectivity index (χ0v) is 23.5. The molecule has 0 bridgehead atoms. The number of carbonyl (C=O) groups is 3. The summed E-state index contributed by atoms with van der Waals surface area (Å²) in [6, 6.07) is 14.1. The minimum absolute atomic E-state index is 0.0880. The SMILES string of the molecule is Cc1cccc(NC(=O)C2C(=O)CC(C)(O)C(C(=O)Nc3cccc(C)c3C)C2c2ccc(O)c([N+](=O)[O-])c2)c1C. The van der Waals surface area contributed by atoms with Gasteiger partial charge in [-0.1, -0.05) is 30.3 Å². The minimum atomic E-state index is -1.90. The smallest absolute Gasteiger partial charge is 0.310 e. The molecule has 1 saturated carbocycles. The normalized spacial score (nSPS) is 22.2. The Kier molecular flexibility index (Phi) is 7.98. The lowest BCUT2D eigenvalue weighted by Crippen LogP contribution is -2.56. The number of benzene rings is 3. The number of rotatable bonds is 6. The van der Waals surface area contributed by atoms with E-state index in [1.54, 1.807) is 24.3 Å². The van der Waals surface area contributed by atoms with Crippen LogP contribution in [0.1, 0.15) is 47.1 Å². The summed E-state index contributed by atoms with van der Waals surface area (Å²) in [5.74, 6) is -6.70. The van der Waals surface area contributed by atoms with Crippen molar-refractivity contribution in [3.05, 3.63) is 92.5 Å². The summed E-state index contributed by atoms with van der Waals surface area (Å²) in [6.07, 6.45) is -0.487. The number of anilines is 2. The van der Waals surface area contributed by atoms with Crippen LogP contribution in [0.5, 0.6) is 5.75 Å². The zero-order chi connectivity index (χ0) is 30.2. The van der Waals surface area contributed by atoms with Gasteiger partial charge in [0.25, 0.3) is 0 Å². The molecule has 41 heavy (non-hydrogen) atoms. The second-order valence-corrected chi connectivity index (χ2v) is 11.0. The topological polar surface area (TPSA) is 159 Å². The number of hydrogen-bond donors (Lipinski definition) is 4. The molecule has 2 amide bonds. The molecule has 0 radical (unpaired) electrons. The van der Waals surface area contributed by atoms with Crippen LogP contribution in [0.4, 0.5) is 17.1 Å².